The number of aromatic amines is 1. The summed E-state index contributed by atoms with van der Waals surface area (Å²) in [7, 11) is 0. The molecule has 0 fully saturated rings. The normalized spacial score (nSPS) is 12.5. The van der Waals surface area contributed by atoms with Gasteiger partial charge in [-0.2, -0.15) is 0 Å². The highest BCUT2D eigenvalue weighted by Crippen LogP contribution is 2.43. The Kier molecular flexibility index (Phi) is 4.40. The van der Waals surface area contributed by atoms with Gasteiger partial charge in [-0.25, -0.2) is 4.98 Å². The fraction of sp³-hybridized carbons (Fsp3) is 0.0870. The number of amides is 2. The Hall–Kier alpha value is -4.13. The molecule has 0 spiro atoms. The summed E-state index contributed by atoms with van der Waals surface area (Å²) in [5.41, 5.74) is 8.20. The van der Waals surface area contributed by atoms with Crippen LogP contribution in [0.1, 0.15) is 22.9 Å². The number of carbonyl (C=O) groups is 2. The number of benzene rings is 3. The number of ether oxygens (including phenoxy) is 1. The van der Waals surface area contributed by atoms with Crippen LogP contribution in [0.15, 0.2) is 72.8 Å². The summed E-state index contributed by atoms with van der Waals surface area (Å²) >= 11 is 0. The summed E-state index contributed by atoms with van der Waals surface area (Å²) in [6.45, 7) is 0. The van der Waals surface area contributed by atoms with E-state index in [0.29, 0.717) is 17.3 Å². The maximum Gasteiger partial charge on any atom is 0.250 e. The van der Waals surface area contributed by atoms with E-state index in [4.69, 9.17) is 4.74 Å². The third-order valence-corrected chi connectivity index (χ3v) is 5.03. The predicted octanol–water partition coefficient (Wildman–Crippen LogP) is 3.19. The number of H-pyrrole nitrogens is 1. The highest BCUT2D eigenvalue weighted by Gasteiger charge is 2.32. The van der Waals surface area contributed by atoms with Gasteiger partial charge in [0.05, 0.1) is 23.4 Å². The molecular formula is C23H18N4O3. The minimum atomic E-state index is -0.586. The van der Waals surface area contributed by atoms with E-state index >= 15 is 0 Å². The molecule has 5 rings (SSSR count). The van der Waals surface area contributed by atoms with Crippen LogP contribution in [0.3, 0.4) is 0 Å². The summed E-state index contributed by atoms with van der Waals surface area (Å²) in [5.74, 6) is 0.504. The summed E-state index contributed by atoms with van der Waals surface area (Å²) in [4.78, 5) is 32.9. The predicted molar refractivity (Wildman–Crippen MR) is 111 cm³/mol. The van der Waals surface area contributed by atoms with Crippen molar-refractivity contribution in [2.75, 3.05) is 0 Å². The van der Waals surface area contributed by atoms with Crippen molar-refractivity contribution in [2.24, 2.45) is 0 Å². The molecule has 3 N–H and O–H groups in total. The van der Waals surface area contributed by atoms with Gasteiger partial charge in [-0.1, -0.05) is 48.5 Å². The van der Waals surface area contributed by atoms with Crippen LogP contribution in [0, 0.1) is 0 Å². The largest absolute Gasteiger partial charge is 0.457 e. The van der Waals surface area contributed by atoms with Crippen molar-refractivity contribution in [3.63, 3.8) is 0 Å². The second-order valence-corrected chi connectivity index (χ2v) is 7.03. The van der Waals surface area contributed by atoms with Gasteiger partial charge >= 0.3 is 0 Å². The lowest BCUT2D eigenvalue weighted by Gasteiger charge is -2.27. The van der Waals surface area contributed by atoms with Crippen molar-refractivity contribution in [1.29, 1.82) is 0 Å². The first-order valence-corrected chi connectivity index (χ1v) is 9.57. The van der Waals surface area contributed by atoms with Crippen molar-refractivity contribution < 1.29 is 14.3 Å². The maximum atomic E-state index is 13.0. The number of rotatable bonds is 3. The van der Waals surface area contributed by atoms with E-state index in [1.165, 1.54) is 0 Å². The van der Waals surface area contributed by atoms with E-state index in [1.807, 2.05) is 72.8 Å². The van der Waals surface area contributed by atoms with Gasteiger partial charge in [-0.05, 0) is 24.3 Å². The van der Waals surface area contributed by atoms with Crippen LogP contribution in [-0.2, 0) is 16.0 Å². The molecule has 7 heteroatoms. The fourth-order valence-electron chi connectivity index (χ4n) is 3.68. The van der Waals surface area contributed by atoms with E-state index < -0.39 is 5.92 Å². The number of hydrazine groups is 1. The first-order chi connectivity index (χ1) is 14.7. The van der Waals surface area contributed by atoms with Gasteiger partial charge in [-0.15, -0.1) is 0 Å². The molecule has 1 aliphatic rings. The molecule has 1 aliphatic heterocycles. The summed E-state index contributed by atoms with van der Waals surface area (Å²) < 4.78 is 5.91. The first kappa shape index (κ1) is 17.9. The number of carbonyl (C=O) groups excluding carboxylic acids is 2. The number of nitrogens with one attached hydrogen (secondary N) is 3. The lowest BCUT2D eigenvalue weighted by Crippen LogP contribution is -2.45. The third kappa shape index (κ3) is 3.26. The Balaban J connectivity index is 1.31. The topological polar surface area (TPSA) is 96.1 Å². The monoisotopic (exact) mass is 398 g/mol. The SMILES string of the molecule is O=C(Cc1nc2ccccc2[nH]1)NNC(=O)C1c2ccccc2Oc2ccccc21. The minimum Gasteiger partial charge on any atom is -0.457 e. The zero-order chi connectivity index (χ0) is 20.5. The second-order valence-electron chi connectivity index (χ2n) is 7.03. The van der Waals surface area contributed by atoms with Crippen molar-refractivity contribution in [2.45, 2.75) is 12.3 Å². The number of aromatic nitrogens is 2. The van der Waals surface area contributed by atoms with Crippen LogP contribution < -0.4 is 15.6 Å². The molecule has 4 aromatic rings. The smallest absolute Gasteiger partial charge is 0.250 e. The number of nitrogens with zero attached hydrogens (tertiary/aromatic N) is 1. The van der Waals surface area contributed by atoms with Gasteiger partial charge in [0.2, 0.25) is 5.91 Å². The molecule has 0 aliphatic carbocycles. The molecule has 2 amide bonds. The van der Waals surface area contributed by atoms with Crippen molar-refractivity contribution in [3.05, 3.63) is 89.7 Å². The maximum absolute atomic E-state index is 13.0. The standard InChI is InChI=1S/C23H18N4O3/c28-21(13-20-24-16-9-3-4-10-17(16)25-20)26-27-23(29)22-14-7-1-5-11-18(14)30-19-12-6-2-8-15(19)22/h1-12,22H,13H2,(H,24,25)(H,26,28)(H,27,29). The van der Waals surface area contributed by atoms with Crippen LogP contribution >= 0.6 is 0 Å². The summed E-state index contributed by atoms with van der Waals surface area (Å²) in [6.07, 6.45) is 0.0237. The second kappa shape index (κ2) is 7.36. The lowest BCUT2D eigenvalue weighted by molar-refractivity contribution is -0.129. The Morgan fingerprint density at radius 2 is 1.50 bits per heavy atom. The molecular weight excluding hydrogens is 380 g/mol. The molecule has 2 heterocycles. The Morgan fingerprint density at radius 1 is 0.867 bits per heavy atom. The average Bonchev–Trinajstić information content (AvgIpc) is 3.18. The van der Waals surface area contributed by atoms with E-state index in [2.05, 4.69) is 20.8 Å². The quantitative estimate of drug-likeness (QED) is 0.462. The van der Waals surface area contributed by atoms with Crippen LogP contribution in [0.25, 0.3) is 11.0 Å². The van der Waals surface area contributed by atoms with Gasteiger partial charge in [-0.3, -0.25) is 20.4 Å². The zero-order valence-electron chi connectivity index (χ0n) is 15.9. The number of hydrogen-bond acceptors (Lipinski definition) is 4. The molecule has 0 saturated carbocycles. The zero-order valence-corrected chi connectivity index (χ0v) is 15.9. The molecule has 0 radical (unpaired) electrons. The molecule has 0 unspecified atom stereocenters. The van der Waals surface area contributed by atoms with E-state index in [9.17, 15) is 9.59 Å². The Labute approximate surface area is 172 Å². The van der Waals surface area contributed by atoms with Crippen LogP contribution in [0.5, 0.6) is 11.5 Å². The molecule has 0 bridgehead atoms. The Morgan fingerprint density at radius 3 is 2.20 bits per heavy atom. The molecule has 1 aromatic heterocycles. The molecule has 148 valence electrons. The number of fused-ring (bicyclic) bond motifs is 3. The van der Waals surface area contributed by atoms with E-state index in [0.717, 1.165) is 22.2 Å². The van der Waals surface area contributed by atoms with Gasteiger partial charge in [0, 0.05) is 11.1 Å². The highest BCUT2D eigenvalue weighted by atomic mass is 16.5. The van der Waals surface area contributed by atoms with Crippen molar-refractivity contribution in [3.8, 4) is 11.5 Å². The van der Waals surface area contributed by atoms with Crippen LogP contribution in [0.2, 0.25) is 0 Å². The van der Waals surface area contributed by atoms with Gasteiger partial charge in [0.25, 0.3) is 5.91 Å². The molecule has 0 saturated heterocycles. The lowest BCUT2D eigenvalue weighted by atomic mass is 9.87. The van der Waals surface area contributed by atoms with Crippen molar-refractivity contribution in [1.82, 2.24) is 20.8 Å². The van der Waals surface area contributed by atoms with Crippen LogP contribution in [-0.4, -0.2) is 21.8 Å². The fourth-order valence-corrected chi connectivity index (χ4v) is 3.68. The summed E-state index contributed by atoms with van der Waals surface area (Å²) in [6, 6.07) is 22.3. The average molecular weight is 398 g/mol. The van der Waals surface area contributed by atoms with Gasteiger partial charge < -0.3 is 9.72 Å². The molecule has 7 nitrogen and oxygen atoms in total. The number of para-hydroxylation sites is 4. The first-order valence-electron chi connectivity index (χ1n) is 9.57. The minimum absolute atomic E-state index is 0.0237. The third-order valence-electron chi connectivity index (χ3n) is 5.03. The van der Waals surface area contributed by atoms with E-state index in [-0.39, 0.29) is 18.2 Å². The van der Waals surface area contributed by atoms with E-state index in [1.54, 1.807) is 0 Å². The van der Waals surface area contributed by atoms with Crippen LogP contribution in [0.4, 0.5) is 0 Å². The molecule has 30 heavy (non-hydrogen) atoms. The van der Waals surface area contributed by atoms with Gasteiger partial charge in [0.15, 0.2) is 0 Å². The van der Waals surface area contributed by atoms with Crippen molar-refractivity contribution >= 4 is 22.8 Å². The Bertz CT molecular complexity index is 1190. The number of imidazole rings is 1. The van der Waals surface area contributed by atoms with Gasteiger partial charge in [0.1, 0.15) is 17.3 Å². The molecule has 3 aromatic carbocycles. The summed E-state index contributed by atoms with van der Waals surface area (Å²) in [5, 5.41) is 0. The molecule has 0 atom stereocenters. The highest BCUT2D eigenvalue weighted by molar-refractivity contribution is 5.91. The number of hydrogen-bond donors (Lipinski definition) is 3.